The highest BCUT2D eigenvalue weighted by Crippen LogP contribution is 2.23. The van der Waals surface area contributed by atoms with Gasteiger partial charge in [0.2, 0.25) is 0 Å². The molecule has 0 radical (unpaired) electrons. The molecule has 0 amide bonds. The molecule has 11 heteroatoms. The van der Waals surface area contributed by atoms with Crippen LogP contribution in [0.2, 0.25) is 0 Å². The van der Waals surface area contributed by atoms with Crippen LogP contribution in [0.1, 0.15) is 264 Å². The first-order valence-corrected chi connectivity index (χ1v) is 27.2. The molecule has 0 spiro atoms. The van der Waals surface area contributed by atoms with Crippen molar-refractivity contribution in [1.82, 2.24) is 0 Å². The largest absolute Gasteiger partial charge is 0.479 e. The molecule has 4 N–H and O–H groups in total. The van der Waals surface area contributed by atoms with E-state index in [9.17, 15) is 34.8 Å². The van der Waals surface area contributed by atoms with Gasteiger partial charge in [-0.2, -0.15) is 0 Å². The Labute approximate surface area is 397 Å². The number of aliphatic carboxylic acids is 1. The molecule has 1 fully saturated rings. The van der Waals surface area contributed by atoms with E-state index < -0.39 is 54.7 Å². The minimum absolute atomic E-state index is 0.188. The summed E-state index contributed by atoms with van der Waals surface area (Å²) in [5.41, 5.74) is 0. The number of aliphatic hydroxyl groups excluding tert-OH is 3. The summed E-state index contributed by atoms with van der Waals surface area (Å²) in [6.45, 7) is 3.85. The van der Waals surface area contributed by atoms with Crippen molar-refractivity contribution in [1.29, 1.82) is 0 Å². The molecule has 0 aliphatic carbocycles. The number of esters is 2. The Morgan fingerprint density at radius 2 is 0.815 bits per heavy atom. The quantitative estimate of drug-likeness (QED) is 0.0260. The SMILES string of the molecule is CCCCCCCCC/C=C\CCCCCCCC(=O)OCC(COC1OC(C(=O)O)C(O)C(O)C1O)OC(=O)CCCCCCCCCCCCCCCCCCCCCCCCC. The van der Waals surface area contributed by atoms with Crippen LogP contribution in [-0.4, -0.2) is 88.4 Å². The van der Waals surface area contributed by atoms with Gasteiger partial charge in [0, 0.05) is 12.8 Å². The average molecular weight is 925 g/mol. The molecule has 1 aliphatic rings. The predicted molar refractivity (Wildman–Crippen MR) is 262 cm³/mol. The van der Waals surface area contributed by atoms with Gasteiger partial charge in [0.1, 0.15) is 24.9 Å². The Hall–Kier alpha value is -2.05. The summed E-state index contributed by atoms with van der Waals surface area (Å²) in [6.07, 6.45) is 41.3. The number of carbonyl (C=O) groups excluding carboxylic acids is 2. The van der Waals surface area contributed by atoms with Gasteiger partial charge >= 0.3 is 17.9 Å². The second-order valence-corrected chi connectivity index (χ2v) is 19.1. The molecule has 6 unspecified atom stereocenters. The molecule has 0 aromatic heterocycles. The molecule has 0 bridgehead atoms. The lowest BCUT2D eigenvalue weighted by molar-refractivity contribution is -0.298. The van der Waals surface area contributed by atoms with Gasteiger partial charge in [0.15, 0.2) is 18.5 Å². The molecule has 6 atom stereocenters. The van der Waals surface area contributed by atoms with Crippen molar-refractivity contribution in [2.75, 3.05) is 13.2 Å². The lowest BCUT2D eigenvalue weighted by Crippen LogP contribution is -2.60. The number of aliphatic hydroxyl groups is 3. The number of rotatable bonds is 47. The molecule has 1 aliphatic heterocycles. The maximum atomic E-state index is 12.9. The van der Waals surface area contributed by atoms with Gasteiger partial charge in [-0.15, -0.1) is 0 Å². The lowest BCUT2D eigenvalue weighted by atomic mass is 9.99. The zero-order chi connectivity index (χ0) is 47.4. The first kappa shape index (κ1) is 61.0. The summed E-state index contributed by atoms with van der Waals surface area (Å²) in [6, 6.07) is 0. The van der Waals surface area contributed by atoms with Crippen LogP contribution in [0.25, 0.3) is 0 Å². The topological polar surface area (TPSA) is 169 Å². The molecular weight excluding hydrogens is 825 g/mol. The number of hydrogen-bond acceptors (Lipinski definition) is 10. The number of ether oxygens (including phenoxy) is 4. The standard InChI is InChI=1S/C54H100O11/c1-3-5-7-9-11-13-15-17-19-21-22-23-24-25-26-27-29-31-33-35-37-39-41-43-48(56)64-46(45-63-54-51(59)49(57)50(58)52(65-54)53(60)61)44-62-47(55)42-40-38-36-34-32-30-28-20-18-16-14-12-10-8-6-4-2/h20,28,46,49-52,54,57-59H,3-19,21-27,29-45H2,1-2H3,(H,60,61)/b28-20-. The summed E-state index contributed by atoms with van der Waals surface area (Å²) in [5, 5.41) is 40.0. The monoisotopic (exact) mass is 925 g/mol. The molecule has 0 aromatic rings. The van der Waals surface area contributed by atoms with E-state index in [0.717, 1.165) is 57.8 Å². The van der Waals surface area contributed by atoms with Crippen molar-refractivity contribution in [3.8, 4) is 0 Å². The third-order valence-electron chi connectivity index (χ3n) is 12.9. The Balaban J connectivity index is 2.25. The third-order valence-corrected chi connectivity index (χ3v) is 12.9. The maximum Gasteiger partial charge on any atom is 0.335 e. The fourth-order valence-corrected chi connectivity index (χ4v) is 8.58. The van der Waals surface area contributed by atoms with Crippen molar-refractivity contribution >= 4 is 17.9 Å². The predicted octanol–water partition coefficient (Wildman–Crippen LogP) is 13.2. The van der Waals surface area contributed by atoms with Crippen molar-refractivity contribution < 1.29 is 53.8 Å². The van der Waals surface area contributed by atoms with Crippen LogP contribution in [-0.2, 0) is 33.3 Å². The zero-order valence-corrected chi connectivity index (χ0v) is 41.8. The minimum atomic E-state index is -1.86. The first-order chi connectivity index (χ1) is 31.7. The van der Waals surface area contributed by atoms with Crippen LogP contribution in [0.4, 0.5) is 0 Å². The highest BCUT2D eigenvalue weighted by atomic mass is 16.7. The normalized spacial score (nSPS) is 19.2. The molecule has 0 saturated carbocycles. The number of carboxylic acids is 1. The van der Waals surface area contributed by atoms with E-state index in [4.69, 9.17) is 18.9 Å². The van der Waals surface area contributed by atoms with Crippen LogP contribution >= 0.6 is 0 Å². The number of carboxylic acid groups (broad SMARTS) is 1. The van der Waals surface area contributed by atoms with Crippen molar-refractivity contribution in [2.45, 2.75) is 301 Å². The Bertz CT molecular complexity index is 1130. The zero-order valence-electron chi connectivity index (χ0n) is 41.8. The van der Waals surface area contributed by atoms with E-state index in [1.807, 2.05) is 0 Å². The van der Waals surface area contributed by atoms with E-state index >= 15 is 0 Å². The van der Waals surface area contributed by atoms with Crippen LogP contribution in [0.15, 0.2) is 12.2 Å². The smallest absolute Gasteiger partial charge is 0.335 e. The van der Waals surface area contributed by atoms with Crippen LogP contribution in [0.3, 0.4) is 0 Å². The van der Waals surface area contributed by atoms with E-state index in [-0.39, 0.29) is 26.1 Å². The summed E-state index contributed by atoms with van der Waals surface area (Å²) in [5.74, 6) is -2.43. The number of hydrogen-bond donors (Lipinski definition) is 4. The van der Waals surface area contributed by atoms with Crippen molar-refractivity contribution in [2.24, 2.45) is 0 Å². The lowest BCUT2D eigenvalue weighted by Gasteiger charge is -2.38. The molecule has 1 heterocycles. The minimum Gasteiger partial charge on any atom is -0.479 e. The fourth-order valence-electron chi connectivity index (χ4n) is 8.58. The number of allylic oxidation sites excluding steroid dienone is 2. The highest BCUT2D eigenvalue weighted by Gasteiger charge is 2.47. The Morgan fingerprint density at radius 3 is 1.20 bits per heavy atom. The molecule has 1 saturated heterocycles. The van der Waals surface area contributed by atoms with Gasteiger partial charge in [0.05, 0.1) is 6.61 Å². The Kier molecular flexibility index (Phi) is 41.7. The molecular formula is C54H100O11. The van der Waals surface area contributed by atoms with Crippen molar-refractivity contribution in [3.63, 3.8) is 0 Å². The molecule has 382 valence electrons. The van der Waals surface area contributed by atoms with E-state index in [0.29, 0.717) is 12.8 Å². The Morgan fingerprint density at radius 1 is 0.462 bits per heavy atom. The number of carbonyl (C=O) groups is 3. The van der Waals surface area contributed by atoms with Gasteiger partial charge in [-0.1, -0.05) is 225 Å². The van der Waals surface area contributed by atoms with Gasteiger partial charge in [-0.05, 0) is 38.5 Å². The fraction of sp³-hybridized carbons (Fsp3) is 0.907. The average Bonchev–Trinajstić information content (AvgIpc) is 3.29. The molecule has 65 heavy (non-hydrogen) atoms. The van der Waals surface area contributed by atoms with Gasteiger partial charge in [0.25, 0.3) is 0 Å². The van der Waals surface area contributed by atoms with Crippen LogP contribution < -0.4 is 0 Å². The second-order valence-electron chi connectivity index (χ2n) is 19.1. The summed E-state index contributed by atoms with van der Waals surface area (Å²) in [4.78, 5) is 37.0. The van der Waals surface area contributed by atoms with Crippen LogP contribution in [0, 0.1) is 0 Å². The van der Waals surface area contributed by atoms with Crippen LogP contribution in [0.5, 0.6) is 0 Å². The van der Waals surface area contributed by atoms with E-state index in [1.165, 1.54) is 167 Å². The summed E-state index contributed by atoms with van der Waals surface area (Å²) < 4.78 is 21.8. The second kappa shape index (κ2) is 44.5. The first-order valence-electron chi connectivity index (χ1n) is 27.2. The van der Waals surface area contributed by atoms with E-state index in [2.05, 4.69) is 26.0 Å². The van der Waals surface area contributed by atoms with Gasteiger partial charge in [-0.3, -0.25) is 9.59 Å². The summed E-state index contributed by atoms with van der Waals surface area (Å²) in [7, 11) is 0. The molecule has 1 rings (SSSR count). The molecule has 11 nitrogen and oxygen atoms in total. The number of unbranched alkanes of at least 4 members (excludes halogenated alkanes) is 34. The van der Waals surface area contributed by atoms with Gasteiger partial charge < -0.3 is 39.4 Å². The van der Waals surface area contributed by atoms with E-state index in [1.54, 1.807) is 0 Å². The summed E-state index contributed by atoms with van der Waals surface area (Å²) >= 11 is 0. The highest BCUT2D eigenvalue weighted by molar-refractivity contribution is 5.73. The van der Waals surface area contributed by atoms with Gasteiger partial charge in [-0.25, -0.2) is 4.79 Å². The third kappa shape index (κ3) is 35.7. The maximum absolute atomic E-state index is 12.9. The molecule has 0 aromatic carbocycles. The van der Waals surface area contributed by atoms with Crippen molar-refractivity contribution in [3.05, 3.63) is 12.2 Å².